The summed E-state index contributed by atoms with van der Waals surface area (Å²) in [6.45, 7) is 10.4. The highest BCUT2D eigenvalue weighted by Gasteiger charge is 2.35. The van der Waals surface area contributed by atoms with Crippen molar-refractivity contribution in [3.8, 4) is 0 Å². The molecule has 5 heteroatoms. The maximum atomic E-state index is 12.6. The lowest BCUT2D eigenvalue weighted by Gasteiger charge is -2.30. The molecule has 0 aliphatic carbocycles. The molecule has 19 heavy (non-hydrogen) atoms. The minimum Gasteiger partial charge on any atom is -0.453 e. The molecule has 1 fully saturated rings. The minimum absolute atomic E-state index is 0.0120. The van der Waals surface area contributed by atoms with Gasteiger partial charge >= 0.3 is 6.09 Å². The Morgan fingerprint density at radius 3 is 2.63 bits per heavy atom. The average Bonchev–Trinajstić information content (AvgIpc) is 2.75. The fourth-order valence-corrected chi connectivity index (χ4v) is 2.38. The third-order valence-corrected chi connectivity index (χ3v) is 3.50. The summed E-state index contributed by atoms with van der Waals surface area (Å²) >= 11 is 0. The van der Waals surface area contributed by atoms with Crippen LogP contribution in [-0.4, -0.2) is 42.6 Å². The number of carbonyl (C=O) groups excluding carboxylic acids is 2. The number of rotatable bonds is 4. The Morgan fingerprint density at radius 2 is 2.16 bits per heavy atom. The van der Waals surface area contributed by atoms with Crippen LogP contribution in [0.5, 0.6) is 0 Å². The summed E-state index contributed by atoms with van der Waals surface area (Å²) in [6.07, 6.45) is 1.18. The van der Waals surface area contributed by atoms with Gasteiger partial charge in [-0.25, -0.2) is 4.79 Å². The van der Waals surface area contributed by atoms with Gasteiger partial charge in [0.1, 0.15) is 6.04 Å². The molecule has 0 aromatic heterocycles. The molecule has 0 bridgehead atoms. The summed E-state index contributed by atoms with van der Waals surface area (Å²) in [5.41, 5.74) is 1.07. The van der Waals surface area contributed by atoms with Gasteiger partial charge < -0.3 is 15.0 Å². The maximum absolute atomic E-state index is 12.6. The van der Waals surface area contributed by atoms with Crippen LogP contribution in [-0.2, 0) is 9.53 Å². The van der Waals surface area contributed by atoms with Crippen molar-refractivity contribution in [2.75, 3.05) is 13.7 Å². The molecule has 1 aliphatic heterocycles. The Balaban J connectivity index is 2.81. The lowest BCUT2D eigenvalue weighted by Crippen LogP contribution is -2.52. The number of methoxy groups -OCH3 is 1. The predicted octanol–water partition coefficient (Wildman–Crippen LogP) is 1.93. The number of carbonyl (C=O) groups is 2. The molecule has 108 valence electrons. The fourth-order valence-electron chi connectivity index (χ4n) is 2.38. The predicted molar refractivity (Wildman–Crippen MR) is 73.7 cm³/mol. The normalized spacial score (nSPS) is 20.6. The minimum atomic E-state index is -0.571. The van der Waals surface area contributed by atoms with Crippen LogP contribution in [0.4, 0.5) is 4.79 Å². The van der Waals surface area contributed by atoms with Gasteiger partial charge in [0.15, 0.2) is 0 Å². The SMILES string of the molecule is C=C1C[C@@H](CC)N(C(=O)[C@@H](NC(=O)OC)C(C)C)C1. The molecule has 1 saturated heterocycles. The first-order valence-electron chi connectivity index (χ1n) is 6.72. The van der Waals surface area contributed by atoms with Crippen LogP contribution < -0.4 is 5.32 Å². The second-order valence-electron chi connectivity index (χ2n) is 5.34. The van der Waals surface area contributed by atoms with E-state index in [2.05, 4.69) is 23.6 Å². The summed E-state index contributed by atoms with van der Waals surface area (Å²) < 4.78 is 4.58. The Labute approximate surface area is 115 Å². The summed E-state index contributed by atoms with van der Waals surface area (Å²) in [4.78, 5) is 25.7. The molecule has 0 saturated carbocycles. The van der Waals surface area contributed by atoms with Crippen molar-refractivity contribution in [2.24, 2.45) is 5.92 Å². The largest absolute Gasteiger partial charge is 0.453 e. The molecule has 1 rings (SSSR count). The van der Waals surface area contributed by atoms with Gasteiger partial charge in [0.05, 0.1) is 7.11 Å². The first-order chi connectivity index (χ1) is 8.90. The Bertz CT molecular complexity index is 366. The maximum Gasteiger partial charge on any atom is 0.407 e. The highest BCUT2D eigenvalue weighted by Crippen LogP contribution is 2.25. The molecule has 0 aromatic rings. The first kappa shape index (κ1) is 15.5. The number of amides is 2. The third kappa shape index (κ3) is 3.72. The van der Waals surface area contributed by atoms with Gasteiger partial charge in [0.25, 0.3) is 0 Å². The number of nitrogens with zero attached hydrogens (tertiary/aromatic N) is 1. The van der Waals surface area contributed by atoms with Gasteiger partial charge in [-0.1, -0.05) is 32.9 Å². The molecule has 0 unspecified atom stereocenters. The molecule has 5 nitrogen and oxygen atoms in total. The Kier molecular flexibility index (Phi) is 5.39. The van der Waals surface area contributed by atoms with Crippen molar-refractivity contribution in [1.82, 2.24) is 10.2 Å². The van der Waals surface area contributed by atoms with Gasteiger partial charge in [-0.3, -0.25) is 4.79 Å². The van der Waals surface area contributed by atoms with Crippen LogP contribution in [0.1, 0.15) is 33.6 Å². The summed E-state index contributed by atoms with van der Waals surface area (Å²) in [6, 6.07) is -0.354. The standard InChI is InChI=1S/C14H24N2O3/c1-6-11-7-10(4)8-16(11)13(17)12(9(2)3)15-14(18)19-5/h9,11-12H,4,6-8H2,1-3,5H3,(H,15,18)/t11-,12+/m1/s1. The van der Waals surface area contributed by atoms with E-state index in [0.717, 1.165) is 18.4 Å². The Hall–Kier alpha value is -1.52. The number of nitrogens with one attached hydrogen (secondary N) is 1. The molecule has 2 amide bonds. The number of alkyl carbamates (subject to hydrolysis) is 1. The van der Waals surface area contributed by atoms with Crippen LogP contribution in [0.25, 0.3) is 0 Å². The van der Waals surface area contributed by atoms with Crippen LogP contribution in [0.3, 0.4) is 0 Å². The molecule has 2 atom stereocenters. The second-order valence-corrected chi connectivity index (χ2v) is 5.34. The lowest BCUT2D eigenvalue weighted by molar-refractivity contribution is -0.135. The van der Waals surface area contributed by atoms with E-state index in [1.807, 2.05) is 18.7 Å². The van der Waals surface area contributed by atoms with E-state index in [-0.39, 0.29) is 17.9 Å². The summed E-state index contributed by atoms with van der Waals surface area (Å²) in [7, 11) is 1.30. The van der Waals surface area contributed by atoms with E-state index in [1.165, 1.54) is 7.11 Å². The van der Waals surface area contributed by atoms with Gasteiger partial charge in [-0.15, -0.1) is 0 Å². The quantitative estimate of drug-likeness (QED) is 0.793. The van der Waals surface area contributed by atoms with Crippen molar-refractivity contribution in [3.63, 3.8) is 0 Å². The summed E-state index contributed by atoms with van der Waals surface area (Å²) in [5.74, 6) is -0.0381. The van der Waals surface area contributed by atoms with E-state index in [1.54, 1.807) is 0 Å². The van der Waals surface area contributed by atoms with Crippen LogP contribution in [0, 0.1) is 5.92 Å². The van der Waals surface area contributed by atoms with Gasteiger partial charge in [0, 0.05) is 12.6 Å². The molecule has 0 spiro atoms. The van der Waals surface area contributed by atoms with Crippen molar-refractivity contribution < 1.29 is 14.3 Å². The van der Waals surface area contributed by atoms with E-state index in [0.29, 0.717) is 6.54 Å². The fraction of sp³-hybridized carbons (Fsp3) is 0.714. The third-order valence-electron chi connectivity index (χ3n) is 3.50. The number of hydrogen-bond acceptors (Lipinski definition) is 3. The summed E-state index contributed by atoms with van der Waals surface area (Å²) in [5, 5.41) is 2.62. The monoisotopic (exact) mass is 268 g/mol. The van der Waals surface area contributed by atoms with Crippen LogP contribution in [0.15, 0.2) is 12.2 Å². The number of hydrogen-bond donors (Lipinski definition) is 1. The zero-order valence-electron chi connectivity index (χ0n) is 12.2. The lowest BCUT2D eigenvalue weighted by atomic mass is 10.0. The van der Waals surface area contributed by atoms with Crippen molar-refractivity contribution in [3.05, 3.63) is 12.2 Å². The van der Waals surface area contributed by atoms with E-state index in [9.17, 15) is 9.59 Å². The van der Waals surface area contributed by atoms with Gasteiger partial charge in [-0.05, 0) is 18.8 Å². The van der Waals surface area contributed by atoms with Gasteiger partial charge in [-0.2, -0.15) is 0 Å². The molecule has 1 N–H and O–H groups in total. The molecule has 1 aliphatic rings. The number of likely N-dealkylation sites (tertiary alicyclic amines) is 1. The smallest absolute Gasteiger partial charge is 0.407 e. The zero-order valence-corrected chi connectivity index (χ0v) is 12.2. The van der Waals surface area contributed by atoms with Crippen molar-refractivity contribution >= 4 is 12.0 Å². The molecular formula is C14H24N2O3. The highest BCUT2D eigenvalue weighted by atomic mass is 16.5. The van der Waals surface area contributed by atoms with Crippen molar-refractivity contribution in [1.29, 1.82) is 0 Å². The van der Waals surface area contributed by atoms with Crippen LogP contribution >= 0.6 is 0 Å². The zero-order chi connectivity index (χ0) is 14.6. The average molecular weight is 268 g/mol. The first-order valence-corrected chi connectivity index (χ1v) is 6.72. The molecule has 0 radical (unpaired) electrons. The van der Waals surface area contributed by atoms with E-state index >= 15 is 0 Å². The highest BCUT2D eigenvalue weighted by molar-refractivity contribution is 5.86. The molecule has 1 heterocycles. The Morgan fingerprint density at radius 1 is 1.53 bits per heavy atom. The molecule has 0 aromatic carbocycles. The van der Waals surface area contributed by atoms with Crippen molar-refractivity contribution in [2.45, 2.75) is 45.7 Å². The molecular weight excluding hydrogens is 244 g/mol. The topological polar surface area (TPSA) is 58.6 Å². The number of ether oxygens (including phenoxy) is 1. The van der Waals surface area contributed by atoms with Crippen LogP contribution in [0.2, 0.25) is 0 Å². The van der Waals surface area contributed by atoms with E-state index < -0.39 is 12.1 Å². The van der Waals surface area contributed by atoms with Gasteiger partial charge in [0.2, 0.25) is 5.91 Å². The van der Waals surface area contributed by atoms with E-state index in [4.69, 9.17) is 0 Å². The second kappa shape index (κ2) is 6.59.